The molecule has 0 heterocycles. The van der Waals surface area contributed by atoms with Crippen molar-refractivity contribution in [2.45, 2.75) is 58.7 Å². The minimum absolute atomic E-state index is 0.233. The minimum atomic E-state index is -1.53. The van der Waals surface area contributed by atoms with Crippen molar-refractivity contribution in [3.8, 4) is 0 Å². The van der Waals surface area contributed by atoms with Gasteiger partial charge in [0.2, 0.25) is 0 Å². The van der Waals surface area contributed by atoms with E-state index in [9.17, 15) is 5.11 Å². The highest BCUT2D eigenvalue weighted by molar-refractivity contribution is 6.94. The number of unbranched alkanes of at least 4 members (excludes halogenated alkanes) is 1. The molecular formula is C17H28OSi. The number of benzene rings is 1. The van der Waals surface area contributed by atoms with Gasteiger partial charge in [0.25, 0.3) is 0 Å². The molecule has 1 aromatic rings. The summed E-state index contributed by atoms with van der Waals surface area (Å²) in [6.45, 7) is 8.88. The van der Waals surface area contributed by atoms with Gasteiger partial charge < -0.3 is 5.11 Å². The van der Waals surface area contributed by atoms with Crippen molar-refractivity contribution in [2.75, 3.05) is 0 Å². The van der Waals surface area contributed by atoms with Crippen LogP contribution in [0, 0.1) is 0 Å². The second-order valence-corrected chi connectivity index (χ2v) is 10.4. The summed E-state index contributed by atoms with van der Waals surface area (Å²) >= 11 is 0. The van der Waals surface area contributed by atoms with Crippen LogP contribution >= 0.6 is 0 Å². The predicted molar refractivity (Wildman–Crippen MR) is 87.5 cm³/mol. The predicted octanol–water partition coefficient (Wildman–Crippen LogP) is 4.03. The van der Waals surface area contributed by atoms with Crippen molar-refractivity contribution in [3.05, 3.63) is 41.6 Å². The van der Waals surface area contributed by atoms with Gasteiger partial charge in [0, 0.05) is 0 Å². The molecule has 0 aliphatic rings. The van der Waals surface area contributed by atoms with E-state index in [2.05, 4.69) is 56.0 Å². The van der Waals surface area contributed by atoms with Gasteiger partial charge >= 0.3 is 0 Å². The topological polar surface area (TPSA) is 20.2 Å². The van der Waals surface area contributed by atoms with Crippen molar-refractivity contribution < 1.29 is 5.11 Å². The Morgan fingerprint density at radius 2 is 1.89 bits per heavy atom. The molecule has 0 aliphatic carbocycles. The van der Waals surface area contributed by atoms with E-state index in [-0.39, 0.29) is 6.10 Å². The molecular weight excluding hydrogens is 248 g/mol. The molecule has 2 heteroatoms. The first-order chi connectivity index (χ1) is 8.95. The molecule has 1 aromatic carbocycles. The van der Waals surface area contributed by atoms with Crippen LogP contribution in [0.3, 0.4) is 0 Å². The van der Waals surface area contributed by atoms with Crippen molar-refractivity contribution in [1.29, 1.82) is 0 Å². The maximum Gasteiger partial charge on any atom is 0.104 e. The molecule has 1 rings (SSSR count). The molecule has 0 amide bonds. The number of hydrogen-bond donors (Lipinski definition) is 1. The van der Waals surface area contributed by atoms with E-state index in [1.807, 2.05) is 6.92 Å². The van der Waals surface area contributed by atoms with Crippen LogP contribution in [0.4, 0.5) is 0 Å². The molecule has 0 aliphatic heterocycles. The summed E-state index contributed by atoms with van der Waals surface area (Å²) in [6, 6.07) is 10.8. The SMILES string of the molecule is CCCC/C(=C/[Si](C)(C)c1ccccc1)CC(C)O. The number of hydrogen-bond acceptors (Lipinski definition) is 1. The number of rotatable bonds is 7. The Kier molecular flexibility index (Phi) is 6.53. The van der Waals surface area contributed by atoms with E-state index in [1.165, 1.54) is 23.6 Å². The lowest BCUT2D eigenvalue weighted by Crippen LogP contribution is -2.39. The summed E-state index contributed by atoms with van der Waals surface area (Å²) in [4.78, 5) is 0. The first kappa shape index (κ1) is 16.2. The first-order valence-electron chi connectivity index (χ1n) is 7.40. The average molecular weight is 276 g/mol. The van der Waals surface area contributed by atoms with Crippen molar-refractivity contribution in [3.63, 3.8) is 0 Å². The van der Waals surface area contributed by atoms with Gasteiger partial charge in [-0.15, -0.1) is 0 Å². The normalized spacial score (nSPS) is 14.5. The first-order valence-corrected chi connectivity index (χ1v) is 10.5. The Morgan fingerprint density at radius 3 is 2.42 bits per heavy atom. The average Bonchev–Trinajstić information content (AvgIpc) is 2.36. The van der Waals surface area contributed by atoms with E-state index < -0.39 is 8.07 Å². The Hall–Kier alpha value is -0.863. The fourth-order valence-electron chi connectivity index (χ4n) is 2.48. The molecule has 106 valence electrons. The van der Waals surface area contributed by atoms with Gasteiger partial charge in [0.15, 0.2) is 0 Å². The molecule has 1 atom stereocenters. The van der Waals surface area contributed by atoms with E-state index in [1.54, 1.807) is 0 Å². The monoisotopic (exact) mass is 276 g/mol. The van der Waals surface area contributed by atoms with Gasteiger partial charge in [0.05, 0.1) is 6.10 Å². The van der Waals surface area contributed by atoms with Crippen molar-refractivity contribution in [2.24, 2.45) is 0 Å². The Labute approximate surface area is 119 Å². The van der Waals surface area contributed by atoms with Gasteiger partial charge in [-0.3, -0.25) is 0 Å². The van der Waals surface area contributed by atoms with E-state index in [0.717, 1.165) is 12.8 Å². The van der Waals surface area contributed by atoms with Crippen molar-refractivity contribution in [1.82, 2.24) is 0 Å². The third kappa shape index (κ3) is 5.75. The smallest absolute Gasteiger partial charge is 0.104 e. The maximum absolute atomic E-state index is 9.66. The van der Waals surface area contributed by atoms with Crippen LogP contribution in [0.5, 0.6) is 0 Å². The molecule has 1 N–H and O–H groups in total. The Bertz CT molecular complexity index is 393. The summed E-state index contributed by atoms with van der Waals surface area (Å²) in [5.74, 6) is 0. The second-order valence-electron chi connectivity index (χ2n) is 6.05. The largest absolute Gasteiger partial charge is 0.393 e. The quantitative estimate of drug-likeness (QED) is 0.746. The van der Waals surface area contributed by atoms with E-state index in [4.69, 9.17) is 0 Å². The van der Waals surface area contributed by atoms with Crippen LogP contribution in [0.25, 0.3) is 0 Å². The van der Waals surface area contributed by atoms with Crippen LogP contribution in [-0.2, 0) is 0 Å². The second kappa shape index (κ2) is 7.66. The van der Waals surface area contributed by atoms with Crippen LogP contribution in [-0.4, -0.2) is 19.3 Å². The van der Waals surface area contributed by atoms with Gasteiger partial charge in [-0.05, 0) is 26.2 Å². The zero-order chi connectivity index (χ0) is 14.3. The van der Waals surface area contributed by atoms with E-state index in [0.29, 0.717) is 0 Å². The lowest BCUT2D eigenvalue weighted by molar-refractivity contribution is 0.194. The number of aliphatic hydroxyl groups is 1. The summed E-state index contributed by atoms with van der Waals surface area (Å²) in [6.07, 6.45) is 4.15. The minimum Gasteiger partial charge on any atom is -0.393 e. The highest BCUT2D eigenvalue weighted by Gasteiger charge is 2.21. The number of aliphatic hydroxyl groups excluding tert-OH is 1. The highest BCUT2D eigenvalue weighted by Crippen LogP contribution is 2.18. The molecule has 1 unspecified atom stereocenters. The molecule has 0 saturated carbocycles. The fourth-order valence-corrected chi connectivity index (χ4v) is 4.98. The van der Waals surface area contributed by atoms with Crippen LogP contribution in [0.15, 0.2) is 41.6 Å². The summed E-state index contributed by atoms with van der Waals surface area (Å²) in [5.41, 5.74) is 3.93. The molecule has 0 aromatic heterocycles. The molecule has 19 heavy (non-hydrogen) atoms. The summed E-state index contributed by atoms with van der Waals surface area (Å²) < 4.78 is 0. The standard InChI is InChI=1S/C17H28OSi/c1-5-6-10-16(13-15(2)18)14-19(3,4)17-11-8-7-9-12-17/h7-9,11-12,14-15,18H,5-6,10,13H2,1-4H3/b16-14-. The molecule has 0 fully saturated rings. The van der Waals surface area contributed by atoms with Gasteiger partial charge in [-0.2, -0.15) is 0 Å². The van der Waals surface area contributed by atoms with Crippen LogP contribution in [0.1, 0.15) is 39.5 Å². The van der Waals surface area contributed by atoms with E-state index >= 15 is 0 Å². The molecule has 0 saturated heterocycles. The zero-order valence-corrected chi connectivity index (χ0v) is 13.8. The van der Waals surface area contributed by atoms with Gasteiger partial charge in [-0.25, -0.2) is 0 Å². The molecule has 0 bridgehead atoms. The fraction of sp³-hybridized carbons (Fsp3) is 0.529. The highest BCUT2D eigenvalue weighted by atomic mass is 28.3. The Balaban J connectivity index is 2.91. The van der Waals surface area contributed by atoms with Crippen LogP contribution in [0.2, 0.25) is 13.1 Å². The van der Waals surface area contributed by atoms with Crippen LogP contribution < -0.4 is 5.19 Å². The van der Waals surface area contributed by atoms with Crippen molar-refractivity contribution >= 4 is 13.3 Å². The lowest BCUT2D eigenvalue weighted by atomic mass is 10.1. The lowest BCUT2D eigenvalue weighted by Gasteiger charge is -2.21. The van der Waals surface area contributed by atoms with Gasteiger partial charge in [0.1, 0.15) is 8.07 Å². The maximum atomic E-state index is 9.66. The van der Waals surface area contributed by atoms with Gasteiger partial charge in [-0.1, -0.05) is 73.2 Å². The summed E-state index contributed by atoms with van der Waals surface area (Å²) in [7, 11) is -1.53. The molecule has 0 spiro atoms. The summed E-state index contributed by atoms with van der Waals surface area (Å²) in [5, 5.41) is 11.1. The molecule has 1 nitrogen and oxygen atoms in total. The third-order valence-electron chi connectivity index (χ3n) is 3.49. The molecule has 0 radical (unpaired) electrons. The third-order valence-corrected chi connectivity index (χ3v) is 6.44. The zero-order valence-electron chi connectivity index (χ0n) is 12.8. The Morgan fingerprint density at radius 1 is 1.26 bits per heavy atom.